The molecule has 12 heteroatoms. The lowest BCUT2D eigenvalue weighted by atomic mass is 10.1. The molecule has 0 bridgehead atoms. The quantitative estimate of drug-likeness (QED) is 0.123. The highest BCUT2D eigenvalue weighted by Crippen LogP contribution is 2.33. The summed E-state index contributed by atoms with van der Waals surface area (Å²) in [7, 11) is 0. The van der Waals surface area contributed by atoms with Crippen molar-refractivity contribution in [3.05, 3.63) is 124 Å². The van der Waals surface area contributed by atoms with E-state index < -0.39 is 0 Å². The monoisotopic (exact) mass is 644 g/mol. The Labute approximate surface area is 273 Å². The first-order valence-electron chi connectivity index (χ1n) is 14.7. The molecule has 0 aliphatic carbocycles. The number of ether oxygens (including phenoxy) is 2. The third-order valence-electron chi connectivity index (χ3n) is 7.64. The number of carbonyl (C=O) groups is 1. The molecule has 11 nitrogen and oxygen atoms in total. The van der Waals surface area contributed by atoms with Gasteiger partial charge in [0.2, 0.25) is 12.7 Å². The Balaban J connectivity index is 1.11. The number of hydrazone groups is 1. The van der Waals surface area contributed by atoms with Crippen LogP contribution < -0.4 is 20.5 Å². The Kier molecular flexibility index (Phi) is 8.15. The minimum Gasteiger partial charge on any atom is -0.494 e. The molecule has 1 aliphatic heterocycles. The maximum absolute atomic E-state index is 13.4. The molecular weight excluding hydrogens is 616 g/mol. The van der Waals surface area contributed by atoms with Gasteiger partial charge in [-0.05, 0) is 42.8 Å². The van der Waals surface area contributed by atoms with E-state index in [1.807, 2.05) is 72.2 Å². The molecule has 1 aliphatic rings. The summed E-state index contributed by atoms with van der Waals surface area (Å²) >= 11 is 1.23. The molecule has 0 unspecified atom stereocenters. The highest BCUT2D eigenvalue weighted by molar-refractivity contribution is 7.99. The number of nitrogens with zero attached hydrogens (tertiary/aromatic N) is 5. The third-order valence-corrected chi connectivity index (χ3v) is 8.57. The predicted octanol–water partition coefficient (Wildman–Crippen LogP) is 5.28. The van der Waals surface area contributed by atoms with E-state index in [1.54, 1.807) is 36.4 Å². The van der Waals surface area contributed by atoms with Gasteiger partial charge in [0, 0.05) is 22.0 Å². The molecule has 0 fully saturated rings. The van der Waals surface area contributed by atoms with E-state index >= 15 is 0 Å². The van der Waals surface area contributed by atoms with Crippen molar-refractivity contribution in [2.45, 2.75) is 18.6 Å². The molecule has 4 aromatic carbocycles. The van der Waals surface area contributed by atoms with Crippen LogP contribution in [-0.2, 0) is 11.3 Å². The molecule has 2 N–H and O–H groups in total. The number of aromatic hydroxyl groups is 1. The van der Waals surface area contributed by atoms with Crippen molar-refractivity contribution in [2.75, 3.05) is 12.5 Å². The molecule has 0 atom stereocenters. The van der Waals surface area contributed by atoms with Gasteiger partial charge >= 0.3 is 0 Å². The summed E-state index contributed by atoms with van der Waals surface area (Å²) in [5.41, 5.74) is 6.10. The van der Waals surface area contributed by atoms with Gasteiger partial charge in [0.1, 0.15) is 0 Å². The van der Waals surface area contributed by atoms with Crippen LogP contribution in [0.1, 0.15) is 16.7 Å². The van der Waals surface area contributed by atoms with Crippen LogP contribution in [-0.4, -0.2) is 49.1 Å². The number of aryl methyl sites for hydroxylation is 1. The van der Waals surface area contributed by atoms with E-state index in [4.69, 9.17) is 9.47 Å². The first kappa shape index (κ1) is 29.8. The van der Waals surface area contributed by atoms with Crippen LogP contribution in [0.2, 0.25) is 0 Å². The van der Waals surface area contributed by atoms with Gasteiger partial charge in [-0.2, -0.15) is 5.10 Å². The van der Waals surface area contributed by atoms with Crippen LogP contribution in [0.25, 0.3) is 27.8 Å². The highest BCUT2D eigenvalue weighted by Gasteiger charge is 2.19. The van der Waals surface area contributed by atoms with Crippen molar-refractivity contribution in [2.24, 2.45) is 5.10 Å². The van der Waals surface area contributed by atoms with E-state index in [9.17, 15) is 14.7 Å². The first-order chi connectivity index (χ1) is 23.0. The maximum atomic E-state index is 13.4. The lowest BCUT2D eigenvalue weighted by Crippen LogP contribution is -2.23. The van der Waals surface area contributed by atoms with E-state index in [0.29, 0.717) is 38.8 Å². The molecule has 234 valence electrons. The number of nitrogens with one attached hydrogen (secondary N) is 1. The second kappa shape index (κ2) is 12.9. The normalized spacial score (nSPS) is 12.2. The summed E-state index contributed by atoms with van der Waals surface area (Å²) in [5.74, 6) is 1.20. The number of fused-ring (bicyclic) bond motifs is 2. The van der Waals surface area contributed by atoms with Crippen molar-refractivity contribution in [3.8, 4) is 34.5 Å². The highest BCUT2D eigenvalue weighted by atomic mass is 32.2. The lowest BCUT2D eigenvalue weighted by Gasteiger charge is -2.14. The molecule has 3 heterocycles. The molecular formula is C35H28N6O5S. The first-order valence-corrected chi connectivity index (χ1v) is 15.7. The molecule has 0 radical (unpaired) electrons. The smallest absolute Gasteiger partial charge is 0.261 e. The molecule has 2 aromatic heterocycles. The van der Waals surface area contributed by atoms with Gasteiger partial charge in [0.25, 0.3) is 11.5 Å². The molecule has 0 spiro atoms. The van der Waals surface area contributed by atoms with Gasteiger partial charge < -0.3 is 14.6 Å². The van der Waals surface area contributed by atoms with Crippen LogP contribution in [0.4, 0.5) is 0 Å². The summed E-state index contributed by atoms with van der Waals surface area (Å²) in [5, 5.41) is 25.7. The predicted molar refractivity (Wildman–Crippen MR) is 180 cm³/mol. The number of aromatic nitrogens is 4. The number of thioether (sulfide) groups is 1. The number of benzene rings is 4. The van der Waals surface area contributed by atoms with Gasteiger partial charge in [-0.1, -0.05) is 84.1 Å². The van der Waals surface area contributed by atoms with E-state index in [-0.39, 0.29) is 36.4 Å². The number of carbonyl (C=O) groups excluding carboxylic acids is 1. The molecule has 47 heavy (non-hydrogen) atoms. The molecule has 6 aromatic rings. The number of amides is 1. The molecule has 0 saturated carbocycles. The summed E-state index contributed by atoms with van der Waals surface area (Å²) in [6.07, 6.45) is 1.35. The number of hydrogen-bond donors (Lipinski definition) is 2. The average molecular weight is 645 g/mol. The van der Waals surface area contributed by atoms with Gasteiger partial charge in [-0.25, -0.2) is 5.43 Å². The van der Waals surface area contributed by atoms with E-state index in [1.165, 1.54) is 22.5 Å². The Morgan fingerprint density at radius 2 is 1.70 bits per heavy atom. The van der Waals surface area contributed by atoms with Crippen molar-refractivity contribution < 1.29 is 19.4 Å². The Hall–Kier alpha value is -5.88. The standard InChI is InChI=1S/C35H28N6O5S/c1-22-11-14-25(15-12-22)41-32(24-7-3-2-4-8-24)38-39-35(41)47-20-31(42)37-36-18-28-26-9-5-6-10-27(26)33(43)40(34(28)44)19-23-13-16-29-30(17-23)46-21-45-29/h2-18,44H,19-21H2,1H3,(H,37,42)/b36-18+. The number of hydrogen-bond acceptors (Lipinski definition) is 9. The average Bonchev–Trinajstić information content (AvgIpc) is 3.75. The number of rotatable bonds is 9. The minimum absolute atomic E-state index is 0.00641. The largest absolute Gasteiger partial charge is 0.494 e. The third kappa shape index (κ3) is 6.06. The van der Waals surface area contributed by atoms with Crippen LogP contribution in [0.3, 0.4) is 0 Å². The van der Waals surface area contributed by atoms with E-state index in [2.05, 4.69) is 20.7 Å². The van der Waals surface area contributed by atoms with Crippen LogP contribution in [0.15, 0.2) is 112 Å². The zero-order valence-corrected chi connectivity index (χ0v) is 26.0. The zero-order chi connectivity index (χ0) is 32.3. The van der Waals surface area contributed by atoms with Crippen molar-refractivity contribution in [1.29, 1.82) is 0 Å². The molecule has 1 amide bonds. The minimum atomic E-state index is -0.386. The Bertz CT molecular complexity index is 2200. The summed E-state index contributed by atoms with van der Waals surface area (Å²) in [6.45, 7) is 2.24. The van der Waals surface area contributed by atoms with E-state index in [0.717, 1.165) is 22.4 Å². The Morgan fingerprint density at radius 3 is 2.51 bits per heavy atom. The fourth-order valence-electron chi connectivity index (χ4n) is 5.30. The second-order valence-corrected chi connectivity index (χ2v) is 11.7. The SMILES string of the molecule is Cc1ccc(-n2c(SCC(=O)N/N=C/c3c(O)n(Cc4ccc5c(c4)OCO5)c(=O)c4ccccc34)nnc2-c2ccccc2)cc1. The van der Waals surface area contributed by atoms with Gasteiger partial charge in [0.05, 0.1) is 24.1 Å². The van der Waals surface area contributed by atoms with Crippen molar-refractivity contribution >= 4 is 34.7 Å². The summed E-state index contributed by atoms with van der Waals surface area (Å²) < 4.78 is 14.0. The summed E-state index contributed by atoms with van der Waals surface area (Å²) in [6, 6.07) is 30.0. The number of pyridine rings is 1. The van der Waals surface area contributed by atoms with Gasteiger partial charge in [-0.3, -0.25) is 18.7 Å². The van der Waals surface area contributed by atoms with Crippen molar-refractivity contribution in [1.82, 2.24) is 24.8 Å². The van der Waals surface area contributed by atoms with Gasteiger partial charge in [0.15, 0.2) is 22.5 Å². The lowest BCUT2D eigenvalue weighted by molar-refractivity contribution is -0.118. The molecule has 0 saturated heterocycles. The zero-order valence-electron chi connectivity index (χ0n) is 25.2. The summed E-state index contributed by atoms with van der Waals surface area (Å²) in [4.78, 5) is 26.3. The maximum Gasteiger partial charge on any atom is 0.261 e. The Morgan fingerprint density at radius 1 is 0.957 bits per heavy atom. The fourth-order valence-corrected chi connectivity index (χ4v) is 6.05. The second-order valence-electron chi connectivity index (χ2n) is 10.8. The van der Waals surface area contributed by atoms with Gasteiger partial charge in [-0.15, -0.1) is 10.2 Å². The van der Waals surface area contributed by atoms with Crippen LogP contribution >= 0.6 is 11.8 Å². The van der Waals surface area contributed by atoms with Crippen LogP contribution in [0, 0.1) is 6.92 Å². The van der Waals surface area contributed by atoms with Crippen molar-refractivity contribution in [3.63, 3.8) is 0 Å². The molecule has 7 rings (SSSR count). The van der Waals surface area contributed by atoms with Crippen LogP contribution in [0.5, 0.6) is 17.4 Å². The topological polar surface area (TPSA) is 133 Å². The fraction of sp³-hybridized carbons (Fsp3) is 0.114.